The van der Waals surface area contributed by atoms with Gasteiger partial charge in [0.05, 0.1) is 6.54 Å². The molecule has 0 atom stereocenters. The van der Waals surface area contributed by atoms with E-state index in [0.29, 0.717) is 42.5 Å². The van der Waals surface area contributed by atoms with Crippen molar-refractivity contribution in [2.24, 2.45) is 0 Å². The zero-order valence-electron chi connectivity index (χ0n) is 10.8. The second-order valence-corrected chi connectivity index (χ2v) is 4.19. The summed E-state index contributed by atoms with van der Waals surface area (Å²) in [5.41, 5.74) is 0.623. The van der Waals surface area contributed by atoms with Gasteiger partial charge in [-0.3, -0.25) is 0 Å². The summed E-state index contributed by atoms with van der Waals surface area (Å²) in [7, 11) is 0. The highest BCUT2D eigenvalue weighted by molar-refractivity contribution is 5.86. The van der Waals surface area contributed by atoms with Crippen LogP contribution in [0.3, 0.4) is 0 Å². The van der Waals surface area contributed by atoms with Gasteiger partial charge in [0.25, 0.3) is 0 Å². The average Bonchev–Trinajstić information content (AvgIpc) is 2.91. The van der Waals surface area contributed by atoms with Crippen molar-refractivity contribution in [1.82, 2.24) is 15.5 Å². The highest BCUT2D eigenvalue weighted by Gasteiger charge is 2.13. The topological polar surface area (TPSA) is 101 Å². The van der Waals surface area contributed by atoms with Crippen molar-refractivity contribution < 1.29 is 18.8 Å². The fourth-order valence-electron chi connectivity index (χ4n) is 1.70. The van der Waals surface area contributed by atoms with E-state index >= 15 is 0 Å². The number of carbonyl (C=O) groups is 1. The number of nitrogens with zero attached hydrogens (tertiary/aromatic N) is 2. The lowest BCUT2D eigenvalue weighted by atomic mass is 10.2. The van der Waals surface area contributed by atoms with Crippen molar-refractivity contribution in [3.63, 3.8) is 0 Å². The molecule has 0 aliphatic rings. The normalized spacial score (nSPS) is 10.8. The summed E-state index contributed by atoms with van der Waals surface area (Å²) in [4.78, 5) is 14.9. The van der Waals surface area contributed by atoms with E-state index in [1.54, 1.807) is 19.9 Å². The Morgan fingerprint density at radius 2 is 2.26 bits per heavy atom. The largest absolute Gasteiger partial charge is 0.475 e. The number of rotatable bonds is 6. The van der Waals surface area contributed by atoms with Crippen molar-refractivity contribution in [2.75, 3.05) is 6.54 Å². The van der Waals surface area contributed by atoms with E-state index in [4.69, 9.17) is 14.0 Å². The molecule has 2 heterocycles. The Morgan fingerprint density at radius 1 is 1.47 bits per heavy atom. The lowest BCUT2D eigenvalue weighted by Crippen LogP contribution is -2.16. The molecule has 0 spiro atoms. The Kier molecular flexibility index (Phi) is 3.96. The van der Waals surface area contributed by atoms with Crippen LogP contribution in [0.25, 0.3) is 0 Å². The monoisotopic (exact) mass is 265 g/mol. The number of carboxylic acid groups (broad SMARTS) is 1. The summed E-state index contributed by atoms with van der Waals surface area (Å²) >= 11 is 0. The molecule has 2 aromatic rings. The Morgan fingerprint density at radius 3 is 2.84 bits per heavy atom. The molecule has 2 rings (SSSR count). The zero-order valence-corrected chi connectivity index (χ0v) is 10.8. The molecule has 0 radical (unpaired) electrons. The van der Waals surface area contributed by atoms with E-state index in [-0.39, 0.29) is 5.76 Å². The second kappa shape index (κ2) is 5.66. The second-order valence-electron chi connectivity index (χ2n) is 4.19. The van der Waals surface area contributed by atoms with E-state index in [2.05, 4.69) is 15.5 Å². The number of furan rings is 1. The smallest absolute Gasteiger partial charge is 0.372 e. The first-order valence-corrected chi connectivity index (χ1v) is 5.89. The van der Waals surface area contributed by atoms with Gasteiger partial charge in [0, 0.05) is 25.5 Å². The molecule has 7 heteroatoms. The molecule has 0 bridgehead atoms. The number of aryl methyl sites for hydroxylation is 2. The zero-order chi connectivity index (χ0) is 13.8. The van der Waals surface area contributed by atoms with Gasteiger partial charge >= 0.3 is 5.97 Å². The number of aromatic carboxylic acids is 1. The Labute approximate surface area is 109 Å². The minimum absolute atomic E-state index is 0.00871. The van der Waals surface area contributed by atoms with E-state index < -0.39 is 5.97 Å². The molecule has 102 valence electrons. The van der Waals surface area contributed by atoms with Crippen LogP contribution in [-0.4, -0.2) is 27.8 Å². The number of hydrogen-bond donors (Lipinski definition) is 2. The minimum Gasteiger partial charge on any atom is -0.475 e. The van der Waals surface area contributed by atoms with Gasteiger partial charge in [0.1, 0.15) is 5.76 Å². The maximum atomic E-state index is 10.8. The van der Waals surface area contributed by atoms with Gasteiger partial charge < -0.3 is 19.4 Å². The van der Waals surface area contributed by atoms with E-state index in [9.17, 15) is 4.79 Å². The molecule has 0 fully saturated rings. The molecular weight excluding hydrogens is 250 g/mol. The first kappa shape index (κ1) is 13.3. The van der Waals surface area contributed by atoms with Gasteiger partial charge in [-0.05, 0) is 13.0 Å². The minimum atomic E-state index is -1.05. The van der Waals surface area contributed by atoms with Crippen LogP contribution in [0.5, 0.6) is 0 Å². The summed E-state index contributed by atoms with van der Waals surface area (Å²) in [6, 6.07) is 1.72. The molecule has 0 aromatic carbocycles. The summed E-state index contributed by atoms with van der Waals surface area (Å²) in [5, 5.41) is 15.8. The van der Waals surface area contributed by atoms with E-state index in [1.807, 2.05) is 0 Å². The molecule has 0 saturated carbocycles. The van der Waals surface area contributed by atoms with Crippen LogP contribution < -0.4 is 5.32 Å². The first-order valence-electron chi connectivity index (χ1n) is 5.89. The molecule has 2 aromatic heterocycles. The van der Waals surface area contributed by atoms with Crippen molar-refractivity contribution in [3.8, 4) is 0 Å². The van der Waals surface area contributed by atoms with Crippen LogP contribution in [0.4, 0.5) is 0 Å². The van der Waals surface area contributed by atoms with Crippen LogP contribution in [0, 0.1) is 13.8 Å². The summed E-state index contributed by atoms with van der Waals surface area (Å²) in [6.45, 7) is 4.56. The lowest BCUT2D eigenvalue weighted by molar-refractivity contribution is 0.0659. The number of carboxylic acids is 1. The molecule has 0 unspecified atom stereocenters. The standard InChI is InChI=1S/C12H15N3O4/c1-7-5-9(18-11(7)12(16)17)6-13-4-3-10-14-8(2)19-15-10/h5,13H,3-4,6H2,1-2H3,(H,16,17). The van der Waals surface area contributed by atoms with Crippen LogP contribution in [0.15, 0.2) is 15.0 Å². The quantitative estimate of drug-likeness (QED) is 0.759. The van der Waals surface area contributed by atoms with Crippen molar-refractivity contribution in [2.45, 2.75) is 26.8 Å². The molecular formula is C12H15N3O4. The van der Waals surface area contributed by atoms with Gasteiger partial charge in [0.2, 0.25) is 11.7 Å². The summed E-state index contributed by atoms with van der Waals surface area (Å²) < 4.78 is 10.1. The lowest BCUT2D eigenvalue weighted by Gasteiger charge is -1.99. The molecule has 0 aliphatic carbocycles. The Bertz CT molecular complexity index is 573. The molecule has 0 saturated heterocycles. The van der Waals surface area contributed by atoms with E-state index in [1.165, 1.54) is 0 Å². The molecule has 0 aliphatic heterocycles. The van der Waals surface area contributed by atoms with Crippen LogP contribution in [0.2, 0.25) is 0 Å². The van der Waals surface area contributed by atoms with E-state index in [0.717, 1.165) is 0 Å². The van der Waals surface area contributed by atoms with Gasteiger partial charge in [-0.15, -0.1) is 0 Å². The maximum Gasteiger partial charge on any atom is 0.372 e. The van der Waals surface area contributed by atoms with Crippen LogP contribution in [0.1, 0.15) is 33.6 Å². The third-order valence-electron chi connectivity index (χ3n) is 2.56. The molecule has 7 nitrogen and oxygen atoms in total. The highest BCUT2D eigenvalue weighted by atomic mass is 16.5. The Hall–Kier alpha value is -2.15. The third kappa shape index (κ3) is 3.41. The van der Waals surface area contributed by atoms with Gasteiger partial charge in [-0.25, -0.2) is 4.79 Å². The van der Waals surface area contributed by atoms with Crippen molar-refractivity contribution >= 4 is 5.97 Å². The number of hydrogen-bond acceptors (Lipinski definition) is 6. The number of aromatic nitrogens is 2. The molecule has 0 amide bonds. The predicted molar refractivity (Wildman–Crippen MR) is 64.9 cm³/mol. The molecule has 2 N–H and O–H groups in total. The first-order chi connectivity index (χ1) is 9.06. The Balaban J connectivity index is 1.79. The van der Waals surface area contributed by atoms with Crippen LogP contribution in [-0.2, 0) is 13.0 Å². The van der Waals surface area contributed by atoms with Crippen LogP contribution >= 0.6 is 0 Å². The number of nitrogens with one attached hydrogen (secondary N) is 1. The van der Waals surface area contributed by atoms with Crippen molar-refractivity contribution in [3.05, 3.63) is 34.9 Å². The fourth-order valence-corrected chi connectivity index (χ4v) is 1.70. The SMILES string of the molecule is Cc1nc(CCNCc2cc(C)c(C(=O)O)o2)no1. The maximum absolute atomic E-state index is 10.8. The summed E-state index contributed by atoms with van der Waals surface area (Å²) in [5.74, 6) is 0.727. The van der Waals surface area contributed by atoms with Gasteiger partial charge in [-0.1, -0.05) is 5.16 Å². The van der Waals surface area contributed by atoms with Gasteiger partial charge in [-0.2, -0.15) is 4.98 Å². The predicted octanol–water partition coefficient (Wildman–Crippen LogP) is 1.31. The van der Waals surface area contributed by atoms with Crippen molar-refractivity contribution in [1.29, 1.82) is 0 Å². The average molecular weight is 265 g/mol. The third-order valence-corrected chi connectivity index (χ3v) is 2.56. The molecule has 19 heavy (non-hydrogen) atoms. The van der Waals surface area contributed by atoms with Gasteiger partial charge in [0.15, 0.2) is 5.82 Å². The fraction of sp³-hybridized carbons (Fsp3) is 0.417. The summed E-state index contributed by atoms with van der Waals surface area (Å²) in [6.07, 6.45) is 0.642. The highest BCUT2D eigenvalue weighted by Crippen LogP contribution is 2.14.